The van der Waals surface area contributed by atoms with Crippen molar-refractivity contribution in [1.29, 1.82) is 0 Å². The van der Waals surface area contributed by atoms with Gasteiger partial charge in [0.25, 0.3) is 0 Å². The lowest BCUT2D eigenvalue weighted by Gasteiger charge is -2.39. The first kappa shape index (κ1) is 21.6. The minimum atomic E-state index is -0.630. The molecule has 1 aliphatic rings. The van der Waals surface area contributed by atoms with Crippen LogP contribution in [-0.2, 0) is 9.59 Å². The highest BCUT2D eigenvalue weighted by atomic mass is 16.5. The van der Waals surface area contributed by atoms with Crippen LogP contribution in [0, 0.1) is 0 Å². The molecule has 3 aromatic carbocycles. The standard InChI is InChI=1S/C26H27N3O3/c1-32-23-14-8-13-22(19-23)27-25(30)26(31)29-17-15-28(16-18-29)24(20-9-4-2-5-10-20)21-11-6-3-7-12-21/h2-14,19,24H,15-18H2,1H3,(H,27,30). The average molecular weight is 430 g/mol. The molecule has 1 N–H and O–H groups in total. The predicted octanol–water partition coefficient (Wildman–Crippen LogP) is 3.57. The number of carbonyl (C=O) groups is 2. The molecule has 0 spiro atoms. The Kier molecular flexibility index (Phi) is 6.82. The van der Waals surface area contributed by atoms with Crippen molar-refractivity contribution in [3.05, 3.63) is 96.1 Å². The van der Waals surface area contributed by atoms with Crippen LogP contribution in [0.5, 0.6) is 5.75 Å². The van der Waals surface area contributed by atoms with Gasteiger partial charge in [-0.3, -0.25) is 14.5 Å². The van der Waals surface area contributed by atoms with Crippen molar-refractivity contribution in [2.45, 2.75) is 6.04 Å². The molecule has 2 amide bonds. The molecule has 0 unspecified atom stereocenters. The quantitative estimate of drug-likeness (QED) is 0.630. The van der Waals surface area contributed by atoms with E-state index >= 15 is 0 Å². The van der Waals surface area contributed by atoms with E-state index in [1.165, 1.54) is 11.1 Å². The zero-order chi connectivity index (χ0) is 22.3. The minimum Gasteiger partial charge on any atom is -0.497 e. The third kappa shape index (κ3) is 4.98. The molecule has 0 aromatic heterocycles. The van der Waals surface area contributed by atoms with Gasteiger partial charge in [-0.05, 0) is 23.3 Å². The molecule has 1 saturated heterocycles. The zero-order valence-corrected chi connectivity index (χ0v) is 18.1. The van der Waals surface area contributed by atoms with Crippen molar-refractivity contribution in [2.24, 2.45) is 0 Å². The van der Waals surface area contributed by atoms with Crippen molar-refractivity contribution in [3.8, 4) is 5.75 Å². The summed E-state index contributed by atoms with van der Waals surface area (Å²) in [6.07, 6.45) is 0. The molecule has 4 rings (SSSR count). The number of hydrogen-bond acceptors (Lipinski definition) is 4. The van der Waals surface area contributed by atoms with Gasteiger partial charge in [0.2, 0.25) is 0 Å². The molecule has 1 heterocycles. The molecule has 6 nitrogen and oxygen atoms in total. The van der Waals surface area contributed by atoms with Crippen molar-refractivity contribution in [3.63, 3.8) is 0 Å². The number of carbonyl (C=O) groups excluding carboxylic acids is 2. The van der Waals surface area contributed by atoms with Gasteiger partial charge in [-0.2, -0.15) is 0 Å². The molecule has 1 fully saturated rings. The Hall–Kier alpha value is -3.64. The van der Waals surface area contributed by atoms with Crippen molar-refractivity contribution < 1.29 is 14.3 Å². The number of rotatable bonds is 5. The lowest BCUT2D eigenvalue weighted by Crippen LogP contribution is -2.52. The van der Waals surface area contributed by atoms with Crippen LogP contribution in [0.1, 0.15) is 17.2 Å². The highest BCUT2D eigenvalue weighted by Crippen LogP contribution is 2.29. The maximum atomic E-state index is 12.7. The third-order valence-corrected chi connectivity index (χ3v) is 5.72. The van der Waals surface area contributed by atoms with Gasteiger partial charge in [-0.15, -0.1) is 0 Å². The minimum absolute atomic E-state index is 0.111. The van der Waals surface area contributed by atoms with E-state index < -0.39 is 11.8 Å². The maximum Gasteiger partial charge on any atom is 0.313 e. The van der Waals surface area contributed by atoms with E-state index in [1.54, 1.807) is 36.3 Å². The summed E-state index contributed by atoms with van der Waals surface area (Å²) in [5, 5.41) is 2.68. The summed E-state index contributed by atoms with van der Waals surface area (Å²) in [5.41, 5.74) is 2.97. The normalized spacial score (nSPS) is 14.2. The highest BCUT2D eigenvalue weighted by molar-refractivity contribution is 6.39. The van der Waals surface area contributed by atoms with E-state index in [0.717, 1.165) is 0 Å². The van der Waals surface area contributed by atoms with E-state index in [9.17, 15) is 9.59 Å². The van der Waals surface area contributed by atoms with Gasteiger partial charge in [0.1, 0.15) is 5.75 Å². The van der Waals surface area contributed by atoms with E-state index in [1.807, 2.05) is 36.4 Å². The number of anilines is 1. The predicted molar refractivity (Wildman–Crippen MR) is 125 cm³/mol. The summed E-state index contributed by atoms with van der Waals surface area (Å²) in [7, 11) is 1.56. The summed E-state index contributed by atoms with van der Waals surface area (Å²) in [5.74, 6) is -0.519. The van der Waals surface area contributed by atoms with E-state index in [-0.39, 0.29) is 6.04 Å². The average Bonchev–Trinajstić information content (AvgIpc) is 2.85. The van der Waals surface area contributed by atoms with Crippen LogP contribution in [0.3, 0.4) is 0 Å². The Labute approximate surface area is 188 Å². The molecule has 0 saturated carbocycles. The Balaban J connectivity index is 1.42. The first-order valence-corrected chi connectivity index (χ1v) is 10.7. The van der Waals surface area contributed by atoms with Crippen LogP contribution < -0.4 is 10.1 Å². The van der Waals surface area contributed by atoms with Crippen LogP contribution in [-0.4, -0.2) is 54.9 Å². The lowest BCUT2D eigenvalue weighted by molar-refractivity contribution is -0.144. The Morgan fingerprint density at radius 2 is 1.41 bits per heavy atom. The molecular formula is C26H27N3O3. The second kappa shape index (κ2) is 10.1. The van der Waals surface area contributed by atoms with Gasteiger partial charge in [0, 0.05) is 37.9 Å². The fourth-order valence-corrected chi connectivity index (χ4v) is 4.10. The first-order chi connectivity index (χ1) is 15.7. The lowest BCUT2D eigenvalue weighted by atomic mass is 9.96. The zero-order valence-electron chi connectivity index (χ0n) is 18.1. The Morgan fingerprint density at radius 3 is 1.97 bits per heavy atom. The molecule has 32 heavy (non-hydrogen) atoms. The van der Waals surface area contributed by atoms with Crippen LogP contribution in [0.15, 0.2) is 84.9 Å². The van der Waals surface area contributed by atoms with Gasteiger partial charge < -0.3 is 15.0 Å². The number of nitrogens with one attached hydrogen (secondary N) is 1. The Morgan fingerprint density at radius 1 is 0.812 bits per heavy atom. The van der Waals surface area contributed by atoms with Gasteiger partial charge in [-0.1, -0.05) is 66.7 Å². The van der Waals surface area contributed by atoms with Crippen molar-refractivity contribution in [2.75, 3.05) is 38.6 Å². The van der Waals surface area contributed by atoms with Gasteiger partial charge in [0.15, 0.2) is 0 Å². The van der Waals surface area contributed by atoms with Gasteiger partial charge >= 0.3 is 11.8 Å². The molecule has 0 bridgehead atoms. The van der Waals surface area contributed by atoms with Crippen LogP contribution in [0.4, 0.5) is 5.69 Å². The SMILES string of the molecule is COc1cccc(NC(=O)C(=O)N2CCN(C(c3ccccc3)c3ccccc3)CC2)c1. The molecule has 6 heteroatoms. The summed E-state index contributed by atoms with van der Waals surface area (Å²) in [6.45, 7) is 2.38. The molecule has 3 aromatic rings. The van der Waals surface area contributed by atoms with E-state index in [4.69, 9.17) is 4.74 Å². The maximum absolute atomic E-state index is 12.7. The topological polar surface area (TPSA) is 61.9 Å². The molecule has 1 aliphatic heterocycles. The summed E-state index contributed by atoms with van der Waals surface area (Å²) >= 11 is 0. The summed E-state index contributed by atoms with van der Waals surface area (Å²) in [6, 6.07) is 27.9. The van der Waals surface area contributed by atoms with E-state index in [2.05, 4.69) is 34.5 Å². The number of ether oxygens (including phenoxy) is 1. The highest BCUT2D eigenvalue weighted by Gasteiger charge is 2.30. The number of methoxy groups -OCH3 is 1. The van der Waals surface area contributed by atoms with Crippen LogP contribution >= 0.6 is 0 Å². The van der Waals surface area contributed by atoms with Crippen LogP contribution in [0.25, 0.3) is 0 Å². The number of piperazine rings is 1. The Bertz CT molecular complexity index is 1010. The van der Waals surface area contributed by atoms with Gasteiger partial charge in [0.05, 0.1) is 13.2 Å². The molecule has 0 aliphatic carbocycles. The number of amides is 2. The monoisotopic (exact) mass is 429 g/mol. The number of benzene rings is 3. The van der Waals surface area contributed by atoms with Crippen molar-refractivity contribution >= 4 is 17.5 Å². The summed E-state index contributed by atoms with van der Waals surface area (Å²) < 4.78 is 5.17. The summed E-state index contributed by atoms with van der Waals surface area (Å²) in [4.78, 5) is 29.2. The van der Waals surface area contributed by atoms with Crippen molar-refractivity contribution in [1.82, 2.24) is 9.80 Å². The smallest absolute Gasteiger partial charge is 0.313 e. The molecule has 164 valence electrons. The fraction of sp³-hybridized carbons (Fsp3) is 0.231. The van der Waals surface area contributed by atoms with Gasteiger partial charge in [-0.25, -0.2) is 0 Å². The third-order valence-electron chi connectivity index (χ3n) is 5.72. The second-order valence-electron chi connectivity index (χ2n) is 7.74. The van der Waals surface area contributed by atoms with Crippen LogP contribution in [0.2, 0.25) is 0 Å². The molecular weight excluding hydrogens is 402 g/mol. The largest absolute Gasteiger partial charge is 0.497 e. The number of nitrogens with zero attached hydrogens (tertiary/aromatic N) is 2. The number of hydrogen-bond donors (Lipinski definition) is 1. The first-order valence-electron chi connectivity index (χ1n) is 10.7. The van der Waals surface area contributed by atoms with E-state index in [0.29, 0.717) is 37.6 Å². The molecule has 0 radical (unpaired) electrons. The molecule has 0 atom stereocenters. The fourth-order valence-electron chi connectivity index (χ4n) is 4.10. The second-order valence-corrected chi connectivity index (χ2v) is 7.74.